The van der Waals surface area contributed by atoms with Crippen molar-refractivity contribution in [3.63, 3.8) is 0 Å². The maximum absolute atomic E-state index is 12.2. The normalized spacial score (nSPS) is 14.7. The van der Waals surface area contributed by atoms with E-state index in [0.29, 0.717) is 23.7 Å². The number of nitrogens with zero attached hydrogens (tertiary/aromatic N) is 1. The van der Waals surface area contributed by atoms with E-state index >= 15 is 0 Å². The van der Waals surface area contributed by atoms with E-state index in [1.54, 1.807) is 0 Å². The molecule has 0 radical (unpaired) electrons. The minimum Gasteiger partial charge on any atom is -0.314 e. The lowest BCUT2D eigenvalue weighted by Crippen LogP contribution is -2.33. The second kappa shape index (κ2) is 6.03. The molecule has 19 heavy (non-hydrogen) atoms. The van der Waals surface area contributed by atoms with Gasteiger partial charge in [-0.05, 0) is 44.8 Å². The molecule has 1 aliphatic heterocycles. The molecule has 0 saturated heterocycles. The molecule has 2 amide bonds. The van der Waals surface area contributed by atoms with Crippen molar-refractivity contribution in [3.05, 3.63) is 18.7 Å². The minimum absolute atomic E-state index is 0.196. The van der Waals surface area contributed by atoms with Crippen molar-refractivity contribution >= 4 is 55.0 Å². The highest BCUT2D eigenvalue weighted by molar-refractivity contribution is 9.12. The number of hydrogen-bond donors (Lipinski definition) is 1. The molecule has 0 unspecified atom stereocenters. The highest BCUT2D eigenvalue weighted by atomic mass is 79.9. The second-order valence-electron chi connectivity index (χ2n) is 4.62. The molecular formula is C12H14Br2N2O2S. The number of carbonyl (C=O) groups is 2. The van der Waals surface area contributed by atoms with Crippen LogP contribution in [0.4, 0.5) is 0 Å². The van der Waals surface area contributed by atoms with Crippen LogP contribution in [-0.2, 0) is 0 Å². The third-order valence-electron chi connectivity index (χ3n) is 2.85. The van der Waals surface area contributed by atoms with E-state index < -0.39 is 0 Å². The molecule has 1 aliphatic rings. The molecule has 1 N–H and O–H groups in total. The van der Waals surface area contributed by atoms with Gasteiger partial charge in [0.05, 0.1) is 18.7 Å². The van der Waals surface area contributed by atoms with E-state index in [0.717, 1.165) is 20.5 Å². The van der Waals surface area contributed by atoms with Crippen LogP contribution >= 0.6 is 43.2 Å². The fraction of sp³-hybridized carbons (Fsp3) is 0.500. The van der Waals surface area contributed by atoms with Crippen molar-refractivity contribution in [3.8, 4) is 0 Å². The molecular weight excluding hydrogens is 396 g/mol. The zero-order valence-electron chi connectivity index (χ0n) is 10.6. The summed E-state index contributed by atoms with van der Waals surface area (Å²) in [5, 5.41) is 3.27. The van der Waals surface area contributed by atoms with Crippen LogP contribution in [0.5, 0.6) is 0 Å². The van der Waals surface area contributed by atoms with Crippen molar-refractivity contribution < 1.29 is 9.59 Å². The summed E-state index contributed by atoms with van der Waals surface area (Å²) in [6.45, 7) is 5.38. The van der Waals surface area contributed by atoms with Gasteiger partial charge in [0.1, 0.15) is 0 Å². The Morgan fingerprint density at radius 2 is 1.68 bits per heavy atom. The Kier molecular flexibility index (Phi) is 4.81. The number of fused-ring (bicyclic) bond motifs is 1. The van der Waals surface area contributed by atoms with E-state index in [2.05, 4.69) is 51.0 Å². The van der Waals surface area contributed by atoms with Crippen molar-refractivity contribution in [2.75, 3.05) is 13.1 Å². The standard InChI is InChI=1S/C12H14Br2N2O2S/c1-6(2)15-4-3-5-16-11(17)7-8(12(16)18)10(14)19-9(7)13/h6,15H,3-5H2,1-2H3. The number of halogens is 2. The smallest absolute Gasteiger partial charge is 0.263 e. The number of thiophene rings is 1. The largest absolute Gasteiger partial charge is 0.314 e. The van der Waals surface area contributed by atoms with Crippen LogP contribution in [0, 0.1) is 0 Å². The molecule has 1 aromatic heterocycles. The Balaban J connectivity index is 2.04. The van der Waals surface area contributed by atoms with E-state index in [1.165, 1.54) is 16.2 Å². The first-order valence-corrected chi connectivity index (χ1v) is 8.41. The second-order valence-corrected chi connectivity index (χ2v) is 8.28. The summed E-state index contributed by atoms with van der Waals surface area (Å²) in [5.41, 5.74) is 0.998. The third-order valence-corrected chi connectivity index (χ3v) is 5.38. The predicted molar refractivity (Wildman–Crippen MR) is 82.8 cm³/mol. The van der Waals surface area contributed by atoms with Crippen LogP contribution in [0.3, 0.4) is 0 Å². The lowest BCUT2D eigenvalue weighted by Gasteiger charge is -2.15. The number of carbonyl (C=O) groups excluding carboxylic acids is 2. The summed E-state index contributed by atoms with van der Waals surface area (Å²) in [6.07, 6.45) is 0.763. The van der Waals surface area contributed by atoms with Gasteiger partial charge in [-0.2, -0.15) is 0 Å². The lowest BCUT2D eigenvalue weighted by molar-refractivity contribution is 0.0652. The van der Waals surface area contributed by atoms with Crippen LogP contribution < -0.4 is 5.32 Å². The van der Waals surface area contributed by atoms with Gasteiger partial charge < -0.3 is 5.32 Å². The molecule has 0 saturated carbocycles. The minimum atomic E-state index is -0.196. The Labute approximate surface area is 132 Å². The van der Waals surface area contributed by atoms with Gasteiger partial charge in [-0.1, -0.05) is 13.8 Å². The molecule has 0 aliphatic carbocycles. The zero-order valence-corrected chi connectivity index (χ0v) is 14.6. The molecule has 0 bridgehead atoms. The summed E-state index contributed by atoms with van der Waals surface area (Å²) in [4.78, 5) is 25.7. The van der Waals surface area contributed by atoms with Gasteiger partial charge in [-0.3, -0.25) is 14.5 Å². The highest BCUT2D eigenvalue weighted by Gasteiger charge is 2.40. The molecule has 1 aromatic rings. The Morgan fingerprint density at radius 3 is 2.16 bits per heavy atom. The van der Waals surface area contributed by atoms with E-state index in [-0.39, 0.29) is 11.8 Å². The fourth-order valence-electron chi connectivity index (χ4n) is 1.95. The predicted octanol–water partition coefficient (Wildman–Crippen LogP) is 3.26. The molecule has 0 aromatic carbocycles. The molecule has 2 rings (SSSR count). The average molecular weight is 410 g/mol. The number of imide groups is 1. The van der Waals surface area contributed by atoms with Gasteiger partial charge in [0.25, 0.3) is 11.8 Å². The maximum Gasteiger partial charge on any atom is 0.263 e. The zero-order chi connectivity index (χ0) is 14.2. The summed E-state index contributed by atoms with van der Waals surface area (Å²) in [7, 11) is 0. The fourth-order valence-corrected chi connectivity index (χ4v) is 5.05. The van der Waals surface area contributed by atoms with Crippen molar-refractivity contribution in [2.45, 2.75) is 26.3 Å². The van der Waals surface area contributed by atoms with E-state index in [9.17, 15) is 9.59 Å². The molecule has 4 nitrogen and oxygen atoms in total. The van der Waals surface area contributed by atoms with Gasteiger partial charge in [-0.25, -0.2) is 0 Å². The Bertz CT molecular complexity index is 492. The SMILES string of the molecule is CC(C)NCCCN1C(=O)c2c(Br)sc(Br)c2C1=O. The summed E-state index contributed by atoms with van der Waals surface area (Å²) >= 11 is 8.05. The van der Waals surface area contributed by atoms with Crippen LogP contribution in [0.1, 0.15) is 41.0 Å². The molecule has 0 spiro atoms. The molecule has 104 valence electrons. The third kappa shape index (κ3) is 2.94. The number of nitrogens with one attached hydrogen (secondary N) is 1. The first kappa shape index (κ1) is 15.2. The molecule has 0 atom stereocenters. The molecule has 7 heteroatoms. The van der Waals surface area contributed by atoms with Gasteiger partial charge in [0.15, 0.2) is 0 Å². The molecule has 2 heterocycles. The lowest BCUT2D eigenvalue weighted by atomic mass is 10.2. The van der Waals surface area contributed by atoms with Crippen LogP contribution in [-0.4, -0.2) is 35.8 Å². The van der Waals surface area contributed by atoms with Gasteiger partial charge in [0, 0.05) is 12.6 Å². The summed E-state index contributed by atoms with van der Waals surface area (Å²) < 4.78 is 1.44. The Morgan fingerprint density at radius 1 is 1.16 bits per heavy atom. The molecule has 0 fully saturated rings. The number of amides is 2. The Hall–Kier alpha value is -0.240. The number of rotatable bonds is 5. The van der Waals surface area contributed by atoms with Crippen molar-refractivity contribution in [1.29, 1.82) is 0 Å². The van der Waals surface area contributed by atoms with Crippen LogP contribution in [0.2, 0.25) is 0 Å². The van der Waals surface area contributed by atoms with Crippen LogP contribution in [0.15, 0.2) is 7.57 Å². The quantitative estimate of drug-likeness (QED) is 0.599. The van der Waals surface area contributed by atoms with Gasteiger partial charge in [-0.15, -0.1) is 11.3 Å². The van der Waals surface area contributed by atoms with Gasteiger partial charge >= 0.3 is 0 Å². The summed E-state index contributed by atoms with van der Waals surface area (Å²) in [6, 6.07) is 0.412. The maximum atomic E-state index is 12.2. The first-order valence-electron chi connectivity index (χ1n) is 6.00. The van der Waals surface area contributed by atoms with Crippen molar-refractivity contribution in [2.24, 2.45) is 0 Å². The van der Waals surface area contributed by atoms with Gasteiger partial charge in [0.2, 0.25) is 0 Å². The van der Waals surface area contributed by atoms with Crippen molar-refractivity contribution in [1.82, 2.24) is 10.2 Å². The summed E-state index contributed by atoms with van der Waals surface area (Å²) in [5.74, 6) is -0.392. The van der Waals surface area contributed by atoms with E-state index in [1.807, 2.05) is 0 Å². The topological polar surface area (TPSA) is 49.4 Å². The van der Waals surface area contributed by atoms with E-state index in [4.69, 9.17) is 0 Å². The highest BCUT2D eigenvalue weighted by Crippen LogP contribution is 2.41. The first-order chi connectivity index (χ1) is 8.93. The number of hydrogen-bond acceptors (Lipinski definition) is 4. The monoisotopic (exact) mass is 408 g/mol. The van der Waals surface area contributed by atoms with Crippen LogP contribution in [0.25, 0.3) is 0 Å². The average Bonchev–Trinajstić information content (AvgIpc) is 2.74.